The third-order valence-corrected chi connectivity index (χ3v) is 7.64. The minimum Gasteiger partial charge on any atom is -0.412 e. The molecule has 4 rings (SSSR count). The molecule has 0 bridgehead atoms. The van der Waals surface area contributed by atoms with Crippen LogP contribution in [0.2, 0.25) is 0 Å². The highest BCUT2D eigenvalue weighted by Gasteiger charge is 2.44. The number of cyclic esters (lactones) is 1. The van der Waals surface area contributed by atoms with Crippen molar-refractivity contribution in [2.24, 2.45) is 0 Å². The summed E-state index contributed by atoms with van der Waals surface area (Å²) >= 11 is 3.42. The Labute approximate surface area is 225 Å². The Hall–Kier alpha value is -2.50. The van der Waals surface area contributed by atoms with Crippen LogP contribution in [-0.2, 0) is 11.3 Å². The van der Waals surface area contributed by atoms with Crippen LogP contribution in [0.25, 0.3) is 0 Å². The van der Waals surface area contributed by atoms with Crippen molar-refractivity contribution in [1.29, 1.82) is 0 Å². The maximum absolute atomic E-state index is 13.4. The number of nitrogens with zero attached hydrogens (tertiary/aromatic N) is 3. The minimum atomic E-state index is -4.99. The zero-order valence-corrected chi connectivity index (χ0v) is 22.5. The Bertz CT molecular complexity index is 1170. The number of alkyl halides is 6. The molecular formula is C26H28BrF6N3O2. The summed E-state index contributed by atoms with van der Waals surface area (Å²) in [4.78, 5) is 21.0. The van der Waals surface area contributed by atoms with Gasteiger partial charge in [0.25, 0.3) is 0 Å². The van der Waals surface area contributed by atoms with Crippen molar-refractivity contribution in [2.45, 2.75) is 83.4 Å². The summed E-state index contributed by atoms with van der Waals surface area (Å²) in [6.07, 6.45) is -3.76. The number of pyridine rings is 1. The van der Waals surface area contributed by atoms with Gasteiger partial charge in [-0.3, -0.25) is 4.90 Å². The molecule has 208 valence electrons. The van der Waals surface area contributed by atoms with Crippen molar-refractivity contribution in [3.8, 4) is 0 Å². The van der Waals surface area contributed by atoms with Crippen LogP contribution in [0.4, 0.5) is 37.0 Å². The van der Waals surface area contributed by atoms with Crippen LogP contribution >= 0.6 is 15.9 Å². The third kappa shape index (κ3) is 6.05. The van der Waals surface area contributed by atoms with Gasteiger partial charge in [-0.2, -0.15) is 26.3 Å². The van der Waals surface area contributed by atoms with Gasteiger partial charge in [0, 0.05) is 40.8 Å². The van der Waals surface area contributed by atoms with Crippen molar-refractivity contribution >= 4 is 27.8 Å². The lowest BCUT2D eigenvalue weighted by atomic mass is 9.92. The van der Waals surface area contributed by atoms with E-state index < -0.39 is 42.1 Å². The fraction of sp³-hybridized carbons (Fsp3) is 0.538. The van der Waals surface area contributed by atoms with E-state index in [1.165, 1.54) is 18.2 Å². The standard InChI is InChI=1S/C26H28BrF6N3O2/c1-3-35(21-7-5-4-6-8-21)23-17(11-20(27)13-34-23)14-36-15(2)22(38-24(36)37)16-9-18(25(28,29)30)12-19(10-16)26(31,32)33/h9,11-13,15,21H,3-8,10,14H2,1-2H3/b22-16-/t15-/m0/s1. The molecule has 0 N–H and O–H groups in total. The van der Waals surface area contributed by atoms with E-state index in [0.29, 0.717) is 34.5 Å². The third-order valence-electron chi connectivity index (χ3n) is 7.21. The molecule has 1 atom stereocenters. The molecule has 1 aromatic rings. The number of rotatable bonds is 5. The van der Waals surface area contributed by atoms with E-state index in [9.17, 15) is 31.1 Å². The predicted molar refractivity (Wildman–Crippen MR) is 133 cm³/mol. The van der Waals surface area contributed by atoms with E-state index in [1.54, 1.807) is 6.20 Å². The second-order valence-corrected chi connectivity index (χ2v) is 10.6. The predicted octanol–water partition coefficient (Wildman–Crippen LogP) is 7.98. The molecule has 0 unspecified atom stereocenters. The molecular weight excluding hydrogens is 580 g/mol. The van der Waals surface area contributed by atoms with Gasteiger partial charge in [0.15, 0.2) is 0 Å². The van der Waals surface area contributed by atoms with Gasteiger partial charge in [-0.25, -0.2) is 9.78 Å². The lowest BCUT2D eigenvalue weighted by molar-refractivity contribution is -0.0976. The van der Waals surface area contributed by atoms with E-state index in [1.807, 2.05) is 13.0 Å². The second kappa shape index (κ2) is 10.9. The highest BCUT2D eigenvalue weighted by Crippen LogP contribution is 2.42. The molecule has 1 saturated carbocycles. The summed E-state index contributed by atoms with van der Waals surface area (Å²) in [6.45, 7) is 4.28. The summed E-state index contributed by atoms with van der Waals surface area (Å²) in [5.74, 6) is 0.485. The monoisotopic (exact) mass is 607 g/mol. The lowest BCUT2D eigenvalue weighted by Crippen LogP contribution is -2.39. The molecule has 0 aromatic carbocycles. The number of carbonyl (C=O) groups is 1. The number of ether oxygens (including phenoxy) is 1. The lowest BCUT2D eigenvalue weighted by Gasteiger charge is -2.36. The Morgan fingerprint density at radius 3 is 2.39 bits per heavy atom. The van der Waals surface area contributed by atoms with Crippen LogP contribution in [0.15, 0.2) is 51.4 Å². The maximum atomic E-state index is 13.4. The molecule has 1 amide bonds. The number of amides is 1. The normalized spacial score (nSPS) is 23.3. The Morgan fingerprint density at radius 2 is 1.79 bits per heavy atom. The first kappa shape index (κ1) is 28.5. The molecule has 2 aliphatic carbocycles. The zero-order valence-electron chi connectivity index (χ0n) is 20.9. The van der Waals surface area contributed by atoms with Crippen LogP contribution in [0.1, 0.15) is 57.9 Å². The molecule has 1 aromatic heterocycles. The van der Waals surface area contributed by atoms with Crippen LogP contribution in [0.5, 0.6) is 0 Å². The molecule has 0 spiro atoms. The molecule has 38 heavy (non-hydrogen) atoms. The summed E-state index contributed by atoms with van der Waals surface area (Å²) in [5, 5.41) is 0. The molecule has 3 aliphatic rings. The van der Waals surface area contributed by atoms with Gasteiger partial charge in [0.1, 0.15) is 11.6 Å². The minimum absolute atomic E-state index is 0.0274. The van der Waals surface area contributed by atoms with Crippen LogP contribution < -0.4 is 4.90 Å². The van der Waals surface area contributed by atoms with E-state index >= 15 is 0 Å². The van der Waals surface area contributed by atoms with Gasteiger partial charge in [-0.05, 0) is 66.4 Å². The number of hydrogen-bond donors (Lipinski definition) is 0. The number of halogens is 7. The van der Waals surface area contributed by atoms with Crippen molar-refractivity contribution in [3.05, 3.63) is 56.9 Å². The van der Waals surface area contributed by atoms with Gasteiger partial charge in [0.05, 0.1) is 18.2 Å². The summed E-state index contributed by atoms with van der Waals surface area (Å²) < 4.78 is 86.5. The fourth-order valence-corrected chi connectivity index (χ4v) is 5.69. The van der Waals surface area contributed by atoms with Crippen molar-refractivity contribution in [2.75, 3.05) is 11.4 Å². The first-order valence-electron chi connectivity index (χ1n) is 12.5. The Kier molecular flexibility index (Phi) is 8.20. The van der Waals surface area contributed by atoms with Gasteiger partial charge < -0.3 is 9.64 Å². The average molecular weight is 608 g/mol. The molecule has 0 radical (unpaired) electrons. The molecule has 5 nitrogen and oxygen atoms in total. The molecule has 12 heteroatoms. The van der Waals surface area contributed by atoms with E-state index in [2.05, 4.69) is 25.8 Å². The Morgan fingerprint density at radius 1 is 1.11 bits per heavy atom. The van der Waals surface area contributed by atoms with Gasteiger partial charge in [-0.15, -0.1) is 0 Å². The number of hydrogen-bond acceptors (Lipinski definition) is 4. The van der Waals surface area contributed by atoms with E-state index in [4.69, 9.17) is 4.74 Å². The highest BCUT2D eigenvalue weighted by atomic mass is 79.9. The number of aromatic nitrogens is 1. The first-order chi connectivity index (χ1) is 17.8. The SMILES string of the molecule is CCN(c1ncc(Br)cc1CN1C(=O)O/C(=C2/C=C(C(F)(F)F)C=C(C(F)(F)F)C2)[C@@H]1C)C1CCCCC1. The van der Waals surface area contributed by atoms with E-state index in [-0.39, 0.29) is 24.0 Å². The van der Waals surface area contributed by atoms with Gasteiger partial charge >= 0.3 is 18.4 Å². The largest absolute Gasteiger partial charge is 0.416 e. The number of carbonyl (C=O) groups excluding carboxylic acids is 1. The summed E-state index contributed by atoms with van der Waals surface area (Å²) in [6, 6.07) is 1.24. The number of allylic oxidation sites excluding steroid dienone is 5. The van der Waals surface area contributed by atoms with Crippen LogP contribution in [0.3, 0.4) is 0 Å². The molecule has 1 aliphatic heterocycles. The van der Waals surface area contributed by atoms with E-state index in [0.717, 1.165) is 25.7 Å². The van der Waals surface area contributed by atoms with Crippen LogP contribution in [0, 0.1) is 0 Å². The molecule has 2 heterocycles. The quantitative estimate of drug-likeness (QED) is 0.318. The Balaban J connectivity index is 1.67. The molecule has 1 saturated heterocycles. The topological polar surface area (TPSA) is 45.7 Å². The van der Waals surface area contributed by atoms with Crippen molar-refractivity contribution in [1.82, 2.24) is 9.88 Å². The maximum Gasteiger partial charge on any atom is 0.416 e. The molecule has 2 fully saturated rings. The second-order valence-electron chi connectivity index (χ2n) is 9.72. The first-order valence-corrected chi connectivity index (χ1v) is 13.3. The van der Waals surface area contributed by atoms with Crippen LogP contribution in [-0.4, -0.2) is 47.0 Å². The highest BCUT2D eigenvalue weighted by molar-refractivity contribution is 9.10. The summed E-state index contributed by atoms with van der Waals surface area (Å²) in [7, 11) is 0. The fourth-order valence-electron chi connectivity index (χ4n) is 5.31. The van der Waals surface area contributed by atoms with Crippen molar-refractivity contribution in [3.63, 3.8) is 0 Å². The number of anilines is 1. The zero-order chi connectivity index (χ0) is 27.8. The smallest absolute Gasteiger partial charge is 0.412 e. The van der Waals surface area contributed by atoms with Crippen molar-refractivity contribution < 1.29 is 35.9 Å². The van der Waals surface area contributed by atoms with Gasteiger partial charge in [-0.1, -0.05) is 19.3 Å². The van der Waals surface area contributed by atoms with Gasteiger partial charge in [0.2, 0.25) is 0 Å². The average Bonchev–Trinajstić information content (AvgIpc) is 3.13. The summed E-state index contributed by atoms with van der Waals surface area (Å²) in [5.41, 5.74) is -2.40.